The minimum absolute atomic E-state index is 0.0230. The number of carbonyl (C=O) groups is 2. The molecule has 6 nitrogen and oxygen atoms in total. The molecule has 0 atom stereocenters. The number of carbonyl (C=O) groups excluding carboxylic acids is 2. The van der Waals surface area contributed by atoms with Gasteiger partial charge in [-0.1, -0.05) is 18.2 Å². The molecule has 0 bridgehead atoms. The first-order valence-corrected chi connectivity index (χ1v) is 10.6. The Morgan fingerprint density at radius 3 is 2.61 bits per heavy atom. The normalized spacial score (nSPS) is 15.7. The van der Waals surface area contributed by atoms with Crippen LogP contribution >= 0.6 is 11.8 Å². The van der Waals surface area contributed by atoms with E-state index in [1.165, 1.54) is 0 Å². The van der Waals surface area contributed by atoms with E-state index in [1.807, 2.05) is 51.1 Å². The predicted molar refractivity (Wildman–Crippen MR) is 115 cm³/mol. The number of nitrogens with one attached hydrogen (secondary N) is 2. The number of rotatable bonds is 7. The van der Waals surface area contributed by atoms with E-state index in [1.54, 1.807) is 11.8 Å². The van der Waals surface area contributed by atoms with Gasteiger partial charge in [0.25, 0.3) is 0 Å². The van der Waals surface area contributed by atoms with Crippen molar-refractivity contribution in [2.24, 2.45) is 0 Å². The van der Waals surface area contributed by atoms with E-state index in [-0.39, 0.29) is 18.0 Å². The number of piperidine rings is 1. The molecule has 7 heteroatoms. The van der Waals surface area contributed by atoms with Crippen LogP contribution < -0.4 is 10.6 Å². The molecule has 0 radical (unpaired) electrons. The molecule has 1 aromatic carbocycles. The molecule has 0 saturated carbocycles. The zero-order valence-electron chi connectivity index (χ0n) is 17.0. The number of likely N-dealkylation sites (tertiary alicyclic amines) is 1. The van der Waals surface area contributed by atoms with E-state index in [9.17, 15) is 9.59 Å². The largest absolute Gasteiger partial charge is 0.444 e. The maximum Gasteiger partial charge on any atom is 0.407 e. The van der Waals surface area contributed by atoms with Crippen LogP contribution in [0.25, 0.3) is 0 Å². The van der Waals surface area contributed by atoms with Crippen LogP contribution in [0, 0.1) is 0 Å². The van der Waals surface area contributed by atoms with Crippen molar-refractivity contribution in [1.29, 1.82) is 0 Å². The van der Waals surface area contributed by atoms with Crippen molar-refractivity contribution in [2.75, 3.05) is 30.7 Å². The molecule has 1 aliphatic heterocycles. The molecule has 0 aliphatic carbocycles. The first-order valence-electron chi connectivity index (χ1n) is 9.61. The van der Waals surface area contributed by atoms with E-state index in [4.69, 9.17) is 4.74 Å². The summed E-state index contributed by atoms with van der Waals surface area (Å²) < 4.78 is 5.30. The SMILES string of the molecule is C=CCSc1ccccc1NC(=O)CN1CCC(NC(=O)OC(C)(C)C)CC1. The number of benzene rings is 1. The van der Waals surface area contributed by atoms with E-state index in [0.29, 0.717) is 6.54 Å². The van der Waals surface area contributed by atoms with Crippen molar-refractivity contribution < 1.29 is 14.3 Å². The monoisotopic (exact) mass is 405 g/mol. The highest BCUT2D eigenvalue weighted by Crippen LogP contribution is 2.27. The first kappa shape index (κ1) is 22.3. The molecule has 1 aromatic rings. The van der Waals surface area contributed by atoms with E-state index in [0.717, 1.165) is 42.3 Å². The Hall–Kier alpha value is -1.99. The summed E-state index contributed by atoms with van der Waals surface area (Å²) in [5.41, 5.74) is 0.337. The molecule has 1 saturated heterocycles. The minimum Gasteiger partial charge on any atom is -0.444 e. The van der Waals surface area contributed by atoms with Crippen LogP contribution in [0.3, 0.4) is 0 Å². The third-order valence-corrected chi connectivity index (χ3v) is 5.26. The smallest absolute Gasteiger partial charge is 0.407 e. The van der Waals surface area contributed by atoms with E-state index in [2.05, 4.69) is 22.1 Å². The number of amides is 2. The fourth-order valence-electron chi connectivity index (χ4n) is 2.95. The zero-order valence-corrected chi connectivity index (χ0v) is 17.8. The van der Waals surface area contributed by atoms with Gasteiger partial charge in [-0.15, -0.1) is 18.3 Å². The van der Waals surface area contributed by atoms with Crippen molar-refractivity contribution in [3.8, 4) is 0 Å². The summed E-state index contributed by atoms with van der Waals surface area (Å²) in [6.07, 6.45) is 3.08. The van der Waals surface area contributed by atoms with E-state index >= 15 is 0 Å². The Morgan fingerprint density at radius 2 is 1.96 bits per heavy atom. The Labute approximate surface area is 172 Å². The predicted octanol–water partition coefficient (Wildman–Crippen LogP) is 3.89. The van der Waals surface area contributed by atoms with Gasteiger partial charge >= 0.3 is 6.09 Å². The lowest BCUT2D eigenvalue weighted by molar-refractivity contribution is -0.117. The lowest BCUT2D eigenvalue weighted by Gasteiger charge is -2.32. The highest BCUT2D eigenvalue weighted by molar-refractivity contribution is 7.99. The average Bonchev–Trinajstić information content (AvgIpc) is 2.61. The Morgan fingerprint density at radius 1 is 1.29 bits per heavy atom. The van der Waals surface area contributed by atoms with Gasteiger partial charge in [0.1, 0.15) is 5.60 Å². The second-order valence-electron chi connectivity index (χ2n) is 7.84. The van der Waals surface area contributed by atoms with Crippen LogP contribution in [0.1, 0.15) is 33.6 Å². The zero-order chi connectivity index (χ0) is 20.6. The lowest BCUT2D eigenvalue weighted by Crippen LogP contribution is -2.47. The number of ether oxygens (including phenoxy) is 1. The molecule has 2 N–H and O–H groups in total. The summed E-state index contributed by atoms with van der Waals surface area (Å²) in [6, 6.07) is 7.88. The molecular weight excluding hydrogens is 374 g/mol. The quantitative estimate of drug-likeness (QED) is 0.532. The maximum absolute atomic E-state index is 12.5. The molecule has 0 unspecified atom stereocenters. The number of para-hydroxylation sites is 1. The first-order chi connectivity index (χ1) is 13.3. The number of hydrogen-bond acceptors (Lipinski definition) is 5. The van der Waals surface area contributed by atoms with Crippen molar-refractivity contribution in [2.45, 2.75) is 50.2 Å². The summed E-state index contributed by atoms with van der Waals surface area (Å²) in [7, 11) is 0. The van der Waals surface area contributed by atoms with Gasteiger partial charge in [0.15, 0.2) is 0 Å². The fourth-order valence-corrected chi connectivity index (χ4v) is 3.69. The average molecular weight is 406 g/mol. The molecule has 0 spiro atoms. The van der Waals surface area contributed by atoms with Gasteiger partial charge in [-0.3, -0.25) is 9.69 Å². The van der Waals surface area contributed by atoms with Crippen LogP contribution in [0.2, 0.25) is 0 Å². The highest BCUT2D eigenvalue weighted by atomic mass is 32.2. The minimum atomic E-state index is -0.497. The second-order valence-corrected chi connectivity index (χ2v) is 8.90. The Kier molecular flexibility index (Phi) is 8.38. The second kappa shape index (κ2) is 10.5. The van der Waals surface area contributed by atoms with Gasteiger partial charge in [0, 0.05) is 29.8 Å². The van der Waals surface area contributed by atoms with Crippen molar-refractivity contribution in [1.82, 2.24) is 10.2 Å². The topological polar surface area (TPSA) is 70.7 Å². The van der Waals surface area contributed by atoms with Gasteiger partial charge in [-0.25, -0.2) is 4.79 Å². The summed E-state index contributed by atoms with van der Waals surface area (Å²) in [5.74, 6) is 0.774. The summed E-state index contributed by atoms with van der Waals surface area (Å²) in [5, 5.41) is 5.93. The number of nitrogens with zero attached hydrogens (tertiary/aromatic N) is 1. The molecule has 28 heavy (non-hydrogen) atoms. The van der Waals surface area contributed by atoms with Crippen molar-refractivity contribution in [3.63, 3.8) is 0 Å². The van der Waals surface area contributed by atoms with Crippen LogP contribution in [0.4, 0.5) is 10.5 Å². The molecule has 1 fully saturated rings. The van der Waals surface area contributed by atoms with Crippen molar-refractivity contribution in [3.05, 3.63) is 36.9 Å². The third-order valence-electron chi connectivity index (χ3n) is 4.19. The molecular formula is C21H31N3O3S. The van der Waals surface area contributed by atoms with Gasteiger partial charge in [0.05, 0.1) is 12.2 Å². The summed E-state index contributed by atoms with van der Waals surface area (Å²) in [6.45, 7) is 11.2. The van der Waals surface area contributed by atoms with Crippen LogP contribution in [0.15, 0.2) is 41.8 Å². The van der Waals surface area contributed by atoms with Gasteiger partial charge in [0.2, 0.25) is 5.91 Å². The van der Waals surface area contributed by atoms with Crippen LogP contribution in [-0.2, 0) is 9.53 Å². The maximum atomic E-state index is 12.5. The van der Waals surface area contributed by atoms with Gasteiger partial charge in [-0.2, -0.15) is 0 Å². The standard InChI is InChI=1S/C21H31N3O3S/c1-5-14-28-18-9-7-6-8-17(18)23-19(25)15-24-12-10-16(11-13-24)22-20(26)27-21(2,3)4/h5-9,16H,1,10-15H2,2-4H3,(H,22,26)(H,23,25). The fraction of sp³-hybridized carbons (Fsp3) is 0.524. The number of alkyl carbamates (subject to hydrolysis) is 1. The van der Waals surface area contributed by atoms with Crippen molar-refractivity contribution >= 4 is 29.4 Å². The lowest BCUT2D eigenvalue weighted by atomic mass is 10.1. The molecule has 2 rings (SSSR count). The summed E-state index contributed by atoms with van der Waals surface area (Å²) >= 11 is 1.65. The molecule has 154 valence electrons. The van der Waals surface area contributed by atoms with Crippen LogP contribution in [0.5, 0.6) is 0 Å². The summed E-state index contributed by atoms with van der Waals surface area (Å²) in [4.78, 5) is 27.5. The highest BCUT2D eigenvalue weighted by Gasteiger charge is 2.24. The number of anilines is 1. The Balaban J connectivity index is 1.76. The number of thioether (sulfide) groups is 1. The third kappa shape index (κ3) is 7.94. The Bertz CT molecular complexity index is 680. The molecule has 2 amide bonds. The van der Waals surface area contributed by atoms with Gasteiger partial charge < -0.3 is 15.4 Å². The number of hydrogen-bond donors (Lipinski definition) is 2. The van der Waals surface area contributed by atoms with E-state index < -0.39 is 5.60 Å². The molecule has 1 heterocycles. The van der Waals surface area contributed by atoms with Crippen LogP contribution in [-0.4, -0.2) is 53.9 Å². The molecule has 0 aromatic heterocycles. The van der Waals surface area contributed by atoms with Gasteiger partial charge in [-0.05, 0) is 45.7 Å². The molecule has 1 aliphatic rings.